The van der Waals surface area contributed by atoms with Crippen LogP contribution in [0, 0.1) is 25.7 Å². The zero-order valence-electron chi connectivity index (χ0n) is 27.6. The maximum Gasteiger partial charge on any atom is 0.253 e. The van der Waals surface area contributed by atoms with E-state index in [0.29, 0.717) is 45.3 Å². The highest BCUT2D eigenvalue weighted by Crippen LogP contribution is 2.63. The minimum Gasteiger partial charge on any atom is -0.396 e. The van der Waals surface area contributed by atoms with Crippen LogP contribution in [0.5, 0.6) is 0 Å². The van der Waals surface area contributed by atoms with Gasteiger partial charge in [0.05, 0.1) is 17.4 Å². The van der Waals surface area contributed by atoms with Crippen LogP contribution in [-0.2, 0) is 25.7 Å². The first-order valence-corrected chi connectivity index (χ1v) is 16.7. The van der Waals surface area contributed by atoms with E-state index in [2.05, 4.69) is 13.2 Å². The third kappa shape index (κ3) is 5.93. The van der Waals surface area contributed by atoms with Gasteiger partial charge in [0.2, 0.25) is 11.8 Å². The SMILES string of the molecule is C=CCN(Cc1ccccc1)C(=O)[C@H]1[C@H]2C(=O)N(CCCCCCO)C(C(=O)N(CC=C)c3c(C)cccc3C)C23CC[C@]1(C)O3. The molecule has 3 aliphatic rings. The molecule has 8 heteroatoms. The zero-order chi connectivity index (χ0) is 33.1. The highest BCUT2D eigenvalue weighted by atomic mass is 16.5. The van der Waals surface area contributed by atoms with Crippen molar-refractivity contribution in [1.82, 2.24) is 9.80 Å². The van der Waals surface area contributed by atoms with Crippen molar-refractivity contribution in [2.75, 3.05) is 31.1 Å². The summed E-state index contributed by atoms with van der Waals surface area (Å²) in [6.45, 7) is 15.3. The van der Waals surface area contributed by atoms with Gasteiger partial charge in [-0.15, -0.1) is 13.2 Å². The van der Waals surface area contributed by atoms with Gasteiger partial charge in [-0.1, -0.05) is 73.5 Å². The van der Waals surface area contributed by atoms with Gasteiger partial charge < -0.3 is 24.5 Å². The number of aliphatic hydroxyl groups excluding tert-OH is 1. The average molecular weight is 628 g/mol. The zero-order valence-corrected chi connectivity index (χ0v) is 27.6. The number of benzene rings is 2. The fraction of sp³-hybridized carbons (Fsp3) is 0.500. The largest absolute Gasteiger partial charge is 0.396 e. The first kappa shape index (κ1) is 33.6. The van der Waals surface area contributed by atoms with Crippen LogP contribution in [-0.4, -0.2) is 76.1 Å². The van der Waals surface area contributed by atoms with Crippen LogP contribution in [0.4, 0.5) is 5.69 Å². The molecule has 1 spiro atoms. The Morgan fingerprint density at radius 1 is 0.957 bits per heavy atom. The Kier molecular flexibility index (Phi) is 10.2. The van der Waals surface area contributed by atoms with Crippen molar-refractivity contribution in [1.29, 1.82) is 0 Å². The topological polar surface area (TPSA) is 90.4 Å². The molecule has 3 saturated heterocycles. The molecule has 5 rings (SSSR count). The minimum absolute atomic E-state index is 0.127. The normalized spacial score (nSPS) is 26.2. The van der Waals surface area contributed by atoms with E-state index in [0.717, 1.165) is 35.2 Å². The smallest absolute Gasteiger partial charge is 0.253 e. The van der Waals surface area contributed by atoms with Crippen molar-refractivity contribution < 1.29 is 24.2 Å². The van der Waals surface area contributed by atoms with Crippen molar-refractivity contribution in [3.63, 3.8) is 0 Å². The summed E-state index contributed by atoms with van der Waals surface area (Å²) < 4.78 is 6.95. The Morgan fingerprint density at radius 3 is 2.28 bits per heavy atom. The number of rotatable bonds is 15. The lowest BCUT2D eigenvalue weighted by atomic mass is 9.66. The Morgan fingerprint density at radius 2 is 1.63 bits per heavy atom. The monoisotopic (exact) mass is 627 g/mol. The number of nitrogens with zero attached hydrogens (tertiary/aromatic N) is 3. The number of hydrogen-bond acceptors (Lipinski definition) is 5. The Labute approximate surface area is 273 Å². The molecule has 0 saturated carbocycles. The number of anilines is 1. The summed E-state index contributed by atoms with van der Waals surface area (Å²) in [5, 5.41) is 9.28. The molecule has 8 nitrogen and oxygen atoms in total. The van der Waals surface area contributed by atoms with Gasteiger partial charge in [0, 0.05) is 38.5 Å². The number of para-hydroxylation sites is 1. The molecule has 0 aromatic heterocycles. The minimum atomic E-state index is -1.11. The fourth-order valence-corrected chi connectivity index (χ4v) is 8.26. The van der Waals surface area contributed by atoms with Gasteiger partial charge in [0.25, 0.3) is 5.91 Å². The number of carbonyl (C=O) groups excluding carboxylic acids is 3. The number of likely N-dealkylation sites (tertiary alicyclic amines) is 1. The number of carbonyl (C=O) groups is 3. The molecule has 3 fully saturated rings. The van der Waals surface area contributed by atoms with E-state index in [9.17, 15) is 19.5 Å². The van der Waals surface area contributed by atoms with Gasteiger partial charge in [-0.3, -0.25) is 14.4 Å². The van der Waals surface area contributed by atoms with Crippen molar-refractivity contribution >= 4 is 23.4 Å². The summed E-state index contributed by atoms with van der Waals surface area (Å²) in [5.41, 5.74) is 1.74. The number of fused-ring (bicyclic) bond motifs is 1. The van der Waals surface area contributed by atoms with Gasteiger partial charge in [-0.25, -0.2) is 0 Å². The fourth-order valence-electron chi connectivity index (χ4n) is 8.26. The first-order chi connectivity index (χ1) is 22.1. The second-order valence-electron chi connectivity index (χ2n) is 13.4. The number of amides is 3. The number of unbranched alkanes of at least 4 members (excludes halogenated alkanes) is 3. The van der Waals surface area contributed by atoms with Crippen molar-refractivity contribution in [3.8, 4) is 0 Å². The van der Waals surface area contributed by atoms with Crippen molar-refractivity contribution in [2.24, 2.45) is 11.8 Å². The number of aryl methyl sites for hydroxylation is 2. The third-order valence-electron chi connectivity index (χ3n) is 10.2. The molecular formula is C38H49N3O5. The number of hydrogen-bond donors (Lipinski definition) is 1. The molecule has 3 heterocycles. The molecule has 46 heavy (non-hydrogen) atoms. The summed E-state index contributed by atoms with van der Waals surface area (Å²) in [5.74, 6) is -2.01. The molecule has 2 bridgehead atoms. The van der Waals surface area contributed by atoms with Crippen LogP contribution in [0.2, 0.25) is 0 Å². The van der Waals surface area contributed by atoms with Crippen LogP contribution in [0.25, 0.3) is 0 Å². The Bertz CT molecular complexity index is 1440. The van der Waals surface area contributed by atoms with Gasteiger partial charge in [-0.2, -0.15) is 0 Å². The maximum atomic E-state index is 15.0. The molecule has 0 aliphatic carbocycles. The quantitative estimate of drug-likeness (QED) is 0.212. The highest BCUT2D eigenvalue weighted by molar-refractivity contribution is 6.05. The lowest BCUT2D eigenvalue weighted by molar-refractivity contribution is -0.150. The lowest BCUT2D eigenvalue weighted by Gasteiger charge is -2.37. The average Bonchev–Trinajstić information content (AvgIpc) is 3.60. The van der Waals surface area contributed by atoms with E-state index < -0.39 is 29.1 Å². The Hall–Kier alpha value is -3.75. The predicted molar refractivity (Wildman–Crippen MR) is 180 cm³/mol. The summed E-state index contributed by atoms with van der Waals surface area (Å²) >= 11 is 0. The Balaban J connectivity index is 1.55. The van der Waals surface area contributed by atoms with E-state index in [1.807, 2.05) is 69.3 Å². The van der Waals surface area contributed by atoms with E-state index in [4.69, 9.17) is 4.74 Å². The maximum absolute atomic E-state index is 15.0. The summed E-state index contributed by atoms with van der Waals surface area (Å²) in [6.07, 6.45) is 7.58. The highest BCUT2D eigenvalue weighted by Gasteiger charge is 2.78. The van der Waals surface area contributed by atoms with Gasteiger partial charge >= 0.3 is 0 Å². The lowest BCUT2D eigenvalue weighted by Crippen LogP contribution is -2.57. The molecule has 3 amide bonds. The van der Waals surface area contributed by atoms with Crippen molar-refractivity contribution in [2.45, 2.75) is 83.1 Å². The van der Waals surface area contributed by atoms with E-state index in [1.165, 1.54) is 0 Å². The molecule has 1 N–H and O–H groups in total. The molecule has 246 valence electrons. The van der Waals surface area contributed by atoms with Crippen LogP contribution in [0.15, 0.2) is 73.8 Å². The van der Waals surface area contributed by atoms with E-state index in [-0.39, 0.29) is 30.9 Å². The molecule has 5 atom stereocenters. The van der Waals surface area contributed by atoms with Gasteiger partial charge in [-0.05, 0) is 63.1 Å². The first-order valence-electron chi connectivity index (χ1n) is 16.7. The van der Waals surface area contributed by atoms with Crippen LogP contribution < -0.4 is 4.90 Å². The number of aliphatic hydroxyl groups is 1. The second-order valence-corrected chi connectivity index (χ2v) is 13.4. The second kappa shape index (κ2) is 13.9. The van der Waals surface area contributed by atoms with E-state index >= 15 is 0 Å². The van der Waals surface area contributed by atoms with Gasteiger partial charge in [0.15, 0.2) is 0 Å². The predicted octanol–water partition coefficient (Wildman–Crippen LogP) is 5.35. The van der Waals surface area contributed by atoms with Gasteiger partial charge in [0.1, 0.15) is 11.6 Å². The van der Waals surface area contributed by atoms with Crippen LogP contribution in [0.1, 0.15) is 62.1 Å². The number of ether oxygens (including phenoxy) is 1. The van der Waals surface area contributed by atoms with Crippen LogP contribution >= 0.6 is 0 Å². The molecular weight excluding hydrogens is 578 g/mol. The summed E-state index contributed by atoms with van der Waals surface area (Å²) in [4.78, 5) is 49.5. The van der Waals surface area contributed by atoms with Crippen LogP contribution in [0.3, 0.4) is 0 Å². The standard InChI is InChI=1S/C38H49N3O5/c1-6-22-39(26-29-18-11-10-12-19-29)34(43)30-31-35(44)41(24-13-8-9-14-25-42)33(38(31)21-20-37(30,5)46-38)36(45)40(23-7-2)32-27(3)16-15-17-28(32)4/h6-7,10-12,15-19,30-31,33,42H,1-2,8-9,13-14,20-26H2,3-5H3/t30-,31+,33?,37+,38?/m1/s1. The molecule has 2 aromatic rings. The van der Waals surface area contributed by atoms with Crippen molar-refractivity contribution in [3.05, 3.63) is 90.5 Å². The molecule has 2 unspecified atom stereocenters. The van der Waals surface area contributed by atoms with E-state index in [1.54, 1.807) is 26.9 Å². The molecule has 2 aromatic carbocycles. The third-order valence-corrected chi connectivity index (χ3v) is 10.2. The summed E-state index contributed by atoms with van der Waals surface area (Å²) in [7, 11) is 0. The summed E-state index contributed by atoms with van der Waals surface area (Å²) in [6, 6.07) is 14.9. The molecule has 3 aliphatic heterocycles. The molecule has 0 radical (unpaired) electrons.